The standard InChI is InChI=1S/C7H11IO3/c8-6(11-7(9)10)5-3-1-2-4-5/h5-6H,1-4H2,(H,9,10). The molecule has 4 heteroatoms. The van der Waals surface area contributed by atoms with E-state index in [1.165, 1.54) is 12.8 Å². The molecule has 1 aliphatic carbocycles. The van der Waals surface area contributed by atoms with Crippen molar-refractivity contribution in [2.24, 2.45) is 5.92 Å². The van der Waals surface area contributed by atoms with Crippen LogP contribution in [-0.2, 0) is 4.74 Å². The van der Waals surface area contributed by atoms with Crippen molar-refractivity contribution in [3.8, 4) is 0 Å². The summed E-state index contributed by atoms with van der Waals surface area (Å²) in [5.41, 5.74) is 0. The van der Waals surface area contributed by atoms with Gasteiger partial charge in [-0.2, -0.15) is 0 Å². The van der Waals surface area contributed by atoms with Gasteiger partial charge in [0.15, 0.2) is 4.11 Å². The van der Waals surface area contributed by atoms with Gasteiger partial charge in [-0.25, -0.2) is 4.79 Å². The molecule has 1 N–H and O–H groups in total. The predicted molar refractivity (Wildman–Crippen MR) is 48.9 cm³/mol. The first-order chi connectivity index (χ1) is 5.20. The first kappa shape index (κ1) is 9.09. The van der Waals surface area contributed by atoms with E-state index in [2.05, 4.69) is 27.3 Å². The molecular weight excluding hydrogens is 259 g/mol. The molecule has 0 amide bonds. The summed E-state index contributed by atoms with van der Waals surface area (Å²) in [7, 11) is 0. The fourth-order valence-corrected chi connectivity index (χ4v) is 2.35. The lowest BCUT2D eigenvalue weighted by atomic mass is 10.1. The van der Waals surface area contributed by atoms with Crippen LogP contribution in [0.1, 0.15) is 25.7 Å². The lowest BCUT2D eigenvalue weighted by Gasteiger charge is -2.14. The van der Waals surface area contributed by atoms with E-state index in [9.17, 15) is 4.79 Å². The zero-order valence-corrected chi connectivity index (χ0v) is 8.28. The van der Waals surface area contributed by atoms with Crippen LogP contribution in [0, 0.1) is 5.92 Å². The number of carbonyl (C=O) groups is 1. The molecule has 1 atom stereocenters. The smallest absolute Gasteiger partial charge is 0.450 e. The Labute approximate surface area is 79.3 Å². The minimum absolute atomic E-state index is 0.146. The summed E-state index contributed by atoms with van der Waals surface area (Å²) >= 11 is 2.06. The number of alkyl halides is 1. The Morgan fingerprint density at radius 2 is 2.09 bits per heavy atom. The van der Waals surface area contributed by atoms with Gasteiger partial charge in [0.1, 0.15) is 0 Å². The largest absolute Gasteiger partial charge is 0.506 e. The summed E-state index contributed by atoms with van der Waals surface area (Å²) in [5.74, 6) is 0.451. The Kier molecular flexibility index (Phi) is 3.42. The van der Waals surface area contributed by atoms with Gasteiger partial charge in [0, 0.05) is 5.92 Å². The maximum absolute atomic E-state index is 10.1. The van der Waals surface area contributed by atoms with Crippen molar-refractivity contribution in [3.63, 3.8) is 0 Å². The topological polar surface area (TPSA) is 46.5 Å². The van der Waals surface area contributed by atoms with Crippen molar-refractivity contribution in [1.29, 1.82) is 0 Å². The van der Waals surface area contributed by atoms with Crippen LogP contribution in [0.4, 0.5) is 4.79 Å². The quantitative estimate of drug-likeness (QED) is 0.476. The molecule has 11 heavy (non-hydrogen) atoms. The average Bonchev–Trinajstić information content (AvgIpc) is 2.35. The summed E-state index contributed by atoms with van der Waals surface area (Å²) in [4.78, 5) is 10.1. The zero-order chi connectivity index (χ0) is 8.27. The highest BCUT2D eigenvalue weighted by molar-refractivity contribution is 14.1. The zero-order valence-electron chi connectivity index (χ0n) is 6.12. The molecule has 0 saturated heterocycles. The summed E-state index contributed by atoms with van der Waals surface area (Å²) in [6.07, 6.45) is 3.50. The molecule has 0 aromatic carbocycles. The monoisotopic (exact) mass is 270 g/mol. The second-order valence-corrected chi connectivity index (χ2v) is 4.01. The minimum Gasteiger partial charge on any atom is -0.450 e. The highest BCUT2D eigenvalue weighted by Crippen LogP contribution is 2.32. The molecule has 0 spiro atoms. The molecule has 0 heterocycles. The highest BCUT2D eigenvalue weighted by Gasteiger charge is 2.25. The van der Waals surface area contributed by atoms with Gasteiger partial charge >= 0.3 is 6.16 Å². The number of hydrogen-bond donors (Lipinski definition) is 1. The van der Waals surface area contributed by atoms with Crippen molar-refractivity contribution < 1.29 is 14.6 Å². The Bertz CT molecular complexity index is 143. The molecule has 1 unspecified atom stereocenters. The minimum atomic E-state index is -1.16. The van der Waals surface area contributed by atoms with Crippen LogP contribution >= 0.6 is 22.6 Å². The van der Waals surface area contributed by atoms with E-state index in [0.717, 1.165) is 12.8 Å². The Morgan fingerprint density at radius 3 is 2.55 bits per heavy atom. The van der Waals surface area contributed by atoms with Crippen LogP contribution in [0.25, 0.3) is 0 Å². The second-order valence-electron chi connectivity index (χ2n) is 2.78. The van der Waals surface area contributed by atoms with E-state index in [-0.39, 0.29) is 4.11 Å². The first-order valence-corrected chi connectivity index (χ1v) is 4.98. The van der Waals surface area contributed by atoms with Gasteiger partial charge in [-0.05, 0) is 35.4 Å². The SMILES string of the molecule is O=C(O)OC(I)C1CCCC1. The molecule has 64 valence electrons. The van der Waals surface area contributed by atoms with Crippen molar-refractivity contribution >= 4 is 28.7 Å². The number of rotatable bonds is 2. The van der Waals surface area contributed by atoms with E-state index < -0.39 is 6.16 Å². The van der Waals surface area contributed by atoms with Crippen LogP contribution in [0.2, 0.25) is 0 Å². The summed E-state index contributed by atoms with van der Waals surface area (Å²) in [6.45, 7) is 0. The number of halogens is 1. The maximum atomic E-state index is 10.1. The number of ether oxygens (including phenoxy) is 1. The molecule has 1 saturated carbocycles. The molecular formula is C7H11IO3. The van der Waals surface area contributed by atoms with Crippen LogP contribution in [0.15, 0.2) is 0 Å². The molecule has 1 aliphatic rings. The second kappa shape index (κ2) is 4.13. The molecule has 0 bridgehead atoms. The van der Waals surface area contributed by atoms with Gasteiger partial charge in [-0.1, -0.05) is 12.8 Å². The summed E-state index contributed by atoms with van der Waals surface area (Å²) in [5, 5.41) is 8.32. The third-order valence-electron chi connectivity index (χ3n) is 1.98. The van der Waals surface area contributed by atoms with Crippen LogP contribution in [0.3, 0.4) is 0 Å². The first-order valence-electron chi connectivity index (χ1n) is 3.74. The number of hydrogen-bond acceptors (Lipinski definition) is 2. The van der Waals surface area contributed by atoms with Gasteiger partial charge in [-0.15, -0.1) is 0 Å². The molecule has 0 aromatic rings. The summed E-state index contributed by atoms with van der Waals surface area (Å²) in [6, 6.07) is 0. The highest BCUT2D eigenvalue weighted by atomic mass is 127. The molecule has 3 nitrogen and oxygen atoms in total. The normalized spacial score (nSPS) is 21.5. The molecule has 1 rings (SSSR count). The van der Waals surface area contributed by atoms with E-state index >= 15 is 0 Å². The maximum Gasteiger partial charge on any atom is 0.506 e. The Hall–Kier alpha value is 0. The predicted octanol–water partition coefficient (Wildman–Crippen LogP) is 2.63. The molecule has 0 aliphatic heterocycles. The van der Waals surface area contributed by atoms with Gasteiger partial charge in [0.2, 0.25) is 0 Å². The van der Waals surface area contributed by atoms with E-state index in [4.69, 9.17) is 5.11 Å². The van der Waals surface area contributed by atoms with Gasteiger partial charge in [-0.3, -0.25) is 0 Å². The van der Waals surface area contributed by atoms with Gasteiger partial charge in [0.25, 0.3) is 0 Å². The van der Waals surface area contributed by atoms with Crippen molar-refractivity contribution in [2.75, 3.05) is 0 Å². The van der Waals surface area contributed by atoms with E-state index in [1.54, 1.807) is 0 Å². The van der Waals surface area contributed by atoms with Crippen molar-refractivity contribution in [3.05, 3.63) is 0 Å². The molecule has 0 radical (unpaired) electrons. The van der Waals surface area contributed by atoms with E-state index in [1.807, 2.05) is 0 Å². The Morgan fingerprint density at radius 1 is 1.55 bits per heavy atom. The van der Waals surface area contributed by atoms with Crippen molar-refractivity contribution in [1.82, 2.24) is 0 Å². The van der Waals surface area contributed by atoms with Gasteiger partial charge in [0.05, 0.1) is 0 Å². The third-order valence-corrected chi connectivity index (χ3v) is 3.26. The molecule has 1 fully saturated rings. The lowest BCUT2D eigenvalue weighted by Crippen LogP contribution is -2.17. The van der Waals surface area contributed by atoms with Crippen LogP contribution in [-0.4, -0.2) is 15.4 Å². The summed E-state index contributed by atoms with van der Waals surface area (Å²) < 4.78 is 4.49. The third kappa shape index (κ3) is 2.84. The average molecular weight is 270 g/mol. The van der Waals surface area contributed by atoms with Crippen LogP contribution in [0.5, 0.6) is 0 Å². The number of carboxylic acid groups (broad SMARTS) is 1. The van der Waals surface area contributed by atoms with E-state index in [0.29, 0.717) is 5.92 Å². The molecule has 0 aromatic heterocycles. The van der Waals surface area contributed by atoms with Crippen molar-refractivity contribution in [2.45, 2.75) is 29.8 Å². The fraction of sp³-hybridized carbons (Fsp3) is 0.857. The lowest BCUT2D eigenvalue weighted by molar-refractivity contribution is 0.0703. The van der Waals surface area contributed by atoms with Gasteiger partial charge < -0.3 is 9.84 Å². The Balaban J connectivity index is 2.28. The fourth-order valence-electron chi connectivity index (χ4n) is 1.41. The van der Waals surface area contributed by atoms with Crippen LogP contribution < -0.4 is 0 Å².